The number of morpholine rings is 1. The monoisotopic (exact) mass is 274 g/mol. The molecule has 2 unspecified atom stereocenters. The van der Waals surface area contributed by atoms with Crippen LogP contribution in [-0.2, 0) is 11.8 Å². The van der Waals surface area contributed by atoms with E-state index in [1.165, 1.54) is 5.52 Å². The predicted octanol–water partition coefficient (Wildman–Crippen LogP) is 1.29. The second-order valence-corrected chi connectivity index (χ2v) is 5.42. The summed E-state index contributed by atoms with van der Waals surface area (Å²) >= 11 is 0. The molecule has 108 valence electrons. The molecule has 0 amide bonds. The smallest absolute Gasteiger partial charge is 0.126 e. The molecule has 0 spiro atoms. The molecule has 1 aromatic carbocycles. The van der Waals surface area contributed by atoms with E-state index in [1.54, 1.807) is 0 Å². The van der Waals surface area contributed by atoms with Crippen LogP contribution in [0.2, 0.25) is 0 Å². The molecule has 2 atom stereocenters. The highest BCUT2D eigenvalue weighted by Crippen LogP contribution is 2.25. The number of nitrogens with zero attached hydrogens (tertiary/aromatic N) is 3. The van der Waals surface area contributed by atoms with Crippen molar-refractivity contribution in [2.24, 2.45) is 12.8 Å². The third-order valence-corrected chi connectivity index (χ3v) is 4.18. The van der Waals surface area contributed by atoms with Crippen molar-refractivity contribution in [3.63, 3.8) is 0 Å². The van der Waals surface area contributed by atoms with Gasteiger partial charge >= 0.3 is 0 Å². The maximum atomic E-state index is 5.72. The van der Waals surface area contributed by atoms with Crippen molar-refractivity contribution in [1.29, 1.82) is 0 Å². The van der Waals surface area contributed by atoms with Crippen LogP contribution in [0.3, 0.4) is 0 Å². The number of ether oxygens (including phenoxy) is 1. The van der Waals surface area contributed by atoms with Crippen LogP contribution in [-0.4, -0.2) is 46.8 Å². The number of hydrogen-bond donors (Lipinski definition) is 1. The molecule has 1 saturated heterocycles. The van der Waals surface area contributed by atoms with Gasteiger partial charge in [-0.15, -0.1) is 0 Å². The molecule has 0 aliphatic carbocycles. The van der Waals surface area contributed by atoms with E-state index < -0.39 is 0 Å². The minimum atomic E-state index is 0.140. The molecule has 1 fully saturated rings. The normalized spacial score (nSPS) is 22.2. The summed E-state index contributed by atoms with van der Waals surface area (Å²) in [5, 5.41) is 0. The first-order chi connectivity index (χ1) is 9.70. The SMILES string of the molecule is CC(c1nc2ccccc2n1C)N1CCOC(CN)C1. The van der Waals surface area contributed by atoms with Crippen LogP contribution in [0.15, 0.2) is 24.3 Å². The molecule has 1 aliphatic heterocycles. The van der Waals surface area contributed by atoms with Crippen LogP contribution in [0.5, 0.6) is 0 Å². The fourth-order valence-corrected chi connectivity index (χ4v) is 2.94. The highest BCUT2D eigenvalue weighted by molar-refractivity contribution is 5.75. The number of para-hydroxylation sites is 2. The molecule has 5 heteroatoms. The quantitative estimate of drug-likeness (QED) is 0.916. The van der Waals surface area contributed by atoms with E-state index in [-0.39, 0.29) is 12.1 Å². The Morgan fingerprint density at radius 2 is 2.25 bits per heavy atom. The molecule has 0 bridgehead atoms. The van der Waals surface area contributed by atoms with E-state index in [4.69, 9.17) is 15.5 Å². The standard InChI is InChI=1S/C15H22N4O/c1-11(19-7-8-20-12(9-16)10-19)15-17-13-5-3-4-6-14(13)18(15)2/h3-6,11-12H,7-10,16H2,1-2H3. The number of imidazole rings is 1. The van der Waals surface area contributed by atoms with Gasteiger partial charge in [0.05, 0.1) is 29.8 Å². The van der Waals surface area contributed by atoms with Crippen molar-refractivity contribution < 1.29 is 4.74 Å². The molecular weight excluding hydrogens is 252 g/mol. The van der Waals surface area contributed by atoms with Crippen LogP contribution in [0.25, 0.3) is 11.0 Å². The summed E-state index contributed by atoms with van der Waals surface area (Å²) in [5.41, 5.74) is 7.96. The van der Waals surface area contributed by atoms with Crippen molar-refractivity contribution in [1.82, 2.24) is 14.5 Å². The van der Waals surface area contributed by atoms with E-state index in [1.807, 2.05) is 6.07 Å². The maximum Gasteiger partial charge on any atom is 0.126 e. The van der Waals surface area contributed by atoms with Gasteiger partial charge in [0.2, 0.25) is 0 Å². The summed E-state index contributed by atoms with van der Waals surface area (Å²) in [6, 6.07) is 8.53. The number of fused-ring (bicyclic) bond motifs is 1. The molecule has 5 nitrogen and oxygen atoms in total. The molecule has 0 radical (unpaired) electrons. The third kappa shape index (κ3) is 2.32. The van der Waals surface area contributed by atoms with Crippen LogP contribution < -0.4 is 5.73 Å². The highest BCUT2D eigenvalue weighted by atomic mass is 16.5. The molecular formula is C15H22N4O. The predicted molar refractivity (Wildman–Crippen MR) is 79.5 cm³/mol. The lowest BCUT2D eigenvalue weighted by atomic mass is 10.2. The van der Waals surface area contributed by atoms with Crippen molar-refractivity contribution in [2.45, 2.75) is 19.1 Å². The van der Waals surface area contributed by atoms with Gasteiger partial charge in [-0.2, -0.15) is 0 Å². The fourth-order valence-electron chi connectivity index (χ4n) is 2.94. The Hall–Kier alpha value is -1.43. The van der Waals surface area contributed by atoms with Gasteiger partial charge in [0.1, 0.15) is 5.82 Å². The third-order valence-electron chi connectivity index (χ3n) is 4.18. The first-order valence-corrected chi connectivity index (χ1v) is 7.17. The van der Waals surface area contributed by atoms with Gasteiger partial charge in [-0.25, -0.2) is 4.98 Å². The lowest BCUT2D eigenvalue weighted by Crippen LogP contribution is -2.46. The number of aromatic nitrogens is 2. The Labute approximate surface area is 119 Å². The van der Waals surface area contributed by atoms with Gasteiger partial charge in [0, 0.05) is 26.7 Å². The lowest BCUT2D eigenvalue weighted by molar-refractivity contribution is -0.0378. The summed E-state index contributed by atoms with van der Waals surface area (Å²) in [6.45, 7) is 5.34. The average Bonchev–Trinajstić information content (AvgIpc) is 2.84. The number of nitrogens with two attached hydrogens (primary N) is 1. The van der Waals surface area contributed by atoms with Crippen LogP contribution >= 0.6 is 0 Å². The van der Waals surface area contributed by atoms with E-state index in [0.717, 1.165) is 31.0 Å². The van der Waals surface area contributed by atoms with Crippen LogP contribution in [0, 0.1) is 0 Å². The van der Waals surface area contributed by atoms with Gasteiger partial charge in [0.15, 0.2) is 0 Å². The van der Waals surface area contributed by atoms with E-state index in [0.29, 0.717) is 6.54 Å². The summed E-state index contributed by atoms with van der Waals surface area (Å²) < 4.78 is 7.83. The Morgan fingerprint density at radius 3 is 3.00 bits per heavy atom. The molecule has 0 saturated carbocycles. The number of hydrogen-bond acceptors (Lipinski definition) is 4. The minimum absolute atomic E-state index is 0.140. The topological polar surface area (TPSA) is 56.3 Å². The van der Waals surface area contributed by atoms with Gasteiger partial charge < -0.3 is 15.0 Å². The van der Waals surface area contributed by atoms with Gasteiger partial charge in [-0.1, -0.05) is 12.1 Å². The Morgan fingerprint density at radius 1 is 1.45 bits per heavy atom. The second-order valence-electron chi connectivity index (χ2n) is 5.42. The molecule has 2 aromatic rings. The maximum absolute atomic E-state index is 5.72. The first-order valence-electron chi connectivity index (χ1n) is 7.17. The van der Waals surface area contributed by atoms with E-state index >= 15 is 0 Å². The Bertz CT molecular complexity index is 595. The molecule has 2 heterocycles. The molecule has 20 heavy (non-hydrogen) atoms. The van der Waals surface area contributed by atoms with Crippen molar-refractivity contribution in [2.75, 3.05) is 26.2 Å². The number of rotatable bonds is 3. The van der Waals surface area contributed by atoms with Gasteiger partial charge in [0.25, 0.3) is 0 Å². The first kappa shape index (κ1) is 13.5. The fraction of sp³-hybridized carbons (Fsp3) is 0.533. The largest absolute Gasteiger partial charge is 0.374 e. The van der Waals surface area contributed by atoms with Crippen molar-refractivity contribution in [3.8, 4) is 0 Å². The van der Waals surface area contributed by atoms with Crippen molar-refractivity contribution in [3.05, 3.63) is 30.1 Å². The zero-order valence-corrected chi connectivity index (χ0v) is 12.1. The molecule has 1 aromatic heterocycles. The Balaban J connectivity index is 1.88. The Kier molecular flexibility index (Phi) is 3.74. The number of benzene rings is 1. The number of aryl methyl sites for hydroxylation is 1. The molecule has 1 aliphatic rings. The van der Waals surface area contributed by atoms with Gasteiger partial charge in [-0.05, 0) is 19.1 Å². The summed E-state index contributed by atoms with van der Waals surface area (Å²) in [5.74, 6) is 1.10. The second kappa shape index (κ2) is 5.52. The van der Waals surface area contributed by atoms with Crippen LogP contribution in [0.4, 0.5) is 0 Å². The van der Waals surface area contributed by atoms with Crippen LogP contribution in [0.1, 0.15) is 18.8 Å². The summed E-state index contributed by atoms with van der Waals surface area (Å²) in [7, 11) is 2.09. The summed E-state index contributed by atoms with van der Waals surface area (Å²) in [4.78, 5) is 7.19. The lowest BCUT2D eigenvalue weighted by Gasteiger charge is -2.36. The zero-order valence-electron chi connectivity index (χ0n) is 12.1. The average molecular weight is 274 g/mol. The molecule has 2 N–H and O–H groups in total. The van der Waals surface area contributed by atoms with E-state index in [2.05, 4.69) is 41.6 Å². The van der Waals surface area contributed by atoms with Crippen molar-refractivity contribution >= 4 is 11.0 Å². The van der Waals surface area contributed by atoms with E-state index in [9.17, 15) is 0 Å². The zero-order chi connectivity index (χ0) is 14.1. The minimum Gasteiger partial charge on any atom is -0.374 e. The summed E-state index contributed by atoms with van der Waals surface area (Å²) in [6.07, 6.45) is 0.140. The van der Waals surface area contributed by atoms with Gasteiger partial charge in [-0.3, -0.25) is 4.90 Å². The highest BCUT2D eigenvalue weighted by Gasteiger charge is 2.26. The molecule has 3 rings (SSSR count).